The van der Waals surface area contributed by atoms with Crippen LogP contribution in [0.2, 0.25) is 0 Å². The Morgan fingerprint density at radius 3 is 2.09 bits per heavy atom. The number of hydrogen-bond donors (Lipinski definition) is 1. The van der Waals surface area contributed by atoms with Crippen molar-refractivity contribution in [2.75, 3.05) is 5.73 Å². The van der Waals surface area contributed by atoms with Gasteiger partial charge in [-0.3, -0.25) is 0 Å². The summed E-state index contributed by atoms with van der Waals surface area (Å²) in [6.07, 6.45) is 0. The topological polar surface area (TPSA) is 55.4 Å². The van der Waals surface area contributed by atoms with Crippen molar-refractivity contribution in [1.82, 2.24) is 0 Å². The largest absolute Gasteiger partial charge is 0.394 e. The van der Waals surface area contributed by atoms with E-state index < -0.39 is 17.3 Å². The van der Waals surface area contributed by atoms with Gasteiger partial charge in [0.05, 0.1) is 0 Å². The van der Waals surface area contributed by atoms with Gasteiger partial charge in [-0.2, -0.15) is 0 Å². The molecule has 2 N–H and O–H groups in total. The summed E-state index contributed by atoms with van der Waals surface area (Å²) in [5, 5.41) is 2.35. The van der Waals surface area contributed by atoms with Gasteiger partial charge in [0, 0.05) is 12.1 Å². The number of benzene rings is 1. The summed E-state index contributed by atoms with van der Waals surface area (Å²) in [4.78, 5) is 9.80. The molecule has 0 aliphatic carbocycles. The average molecular weight is 158 g/mol. The van der Waals surface area contributed by atoms with Crippen LogP contribution in [-0.4, -0.2) is 0 Å². The highest BCUT2D eigenvalue weighted by atomic mass is 19.1. The van der Waals surface area contributed by atoms with Crippen LogP contribution in [0.15, 0.2) is 17.3 Å². The van der Waals surface area contributed by atoms with Crippen LogP contribution in [-0.2, 0) is 0 Å². The highest BCUT2D eigenvalue weighted by Crippen LogP contribution is 2.21. The maximum Gasteiger partial charge on any atom is 0.151 e. The van der Waals surface area contributed by atoms with Crippen molar-refractivity contribution in [1.29, 1.82) is 0 Å². The molecule has 0 atom stereocenters. The van der Waals surface area contributed by atoms with Gasteiger partial charge in [-0.1, -0.05) is 0 Å². The van der Waals surface area contributed by atoms with E-state index in [2.05, 4.69) is 5.18 Å². The van der Waals surface area contributed by atoms with Gasteiger partial charge in [0.1, 0.15) is 11.4 Å². The molecule has 0 amide bonds. The molecular formula is C6H4F2N2O. The lowest BCUT2D eigenvalue weighted by atomic mass is 10.2. The summed E-state index contributed by atoms with van der Waals surface area (Å²) in [5.41, 5.74) is 4.00. The van der Waals surface area contributed by atoms with Gasteiger partial charge in [0.2, 0.25) is 0 Å². The van der Waals surface area contributed by atoms with Crippen LogP contribution in [0.1, 0.15) is 0 Å². The van der Waals surface area contributed by atoms with E-state index in [4.69, 9.17) is 5.73 Å². The van der Waals surface area contributed by atoms with Gasteiger partial charge in [0.15, 0.2) is 11.6 Å². The first-order chi connectivity index (χ1) is 5.15. The van der Waals surface area contributed by atoms with E-state index in [1.54, 1.807) is 0 Å². The minimum absolute atomic E-state index is 0.311. The van der Waals surface area contributed by atoms with Gasteiger partial charge in [-0.05, 0) is 5.18 Å². The van der Waals surface area contributed by atoms with Gasteiger partial charge >= 0.3 is 0 Å². The molecule has 1 aromatic rings. The van der Waals surface area contributed by atoms with E-state index in [1.807, 2.05) is 0 Å². The summed E-state index contributed by atoms with van der Waals surface area (Å²) in [5.74, 6) is -1.95. The van der Waals surface area contributed by atoms with Crippen LogP contribution in [0.25, 0.3) is 0 Å². The smallest absolute Gasteiger partial charge is 0.151 e. The van der Waals surface area contributed by atoms with Crippen LogP contribution in [0.4, 0.5) is 20.2 Å². The molecule has 0 unspecified atom stereocenters. The van der Waals surface area contributed by atoms with Crippen molar-refractivity contribution in [3.05, 3.63) is 28.7 Å². The summed E-state index contributed by atoms with van der Waals surface area (Å²) >= 11 is 0. The van der Waals surface area contributed by atoms with E-state index in [0.717, 1.165) is 12.1 Å². The molecule has 0 bridgehead atoms. The fourth-order valence-electron chi connectivity index (χ4n) is 0.624. The molecular weight excluding hydrogens is 154 g/mol. The maximum absolute atomic E-state index is 12.5. The molecule has 0 saturated heterocycles. The Labute approximate surface area is 60.8 Å². The Bertz CT molecular complexity index is 278. The molecule has 11 heavy (non-hydrogen) atoms. The van der Waals surface area contributed by atoms with E-state index in [0.29, 0.717) is 0 Å². The number of hydrogen-bond acceptors (Lipinski definition) is 3. The second-order valence-electron chi connectivity index (χ2n) is 1.91. The molecule has 0 aliphatic heterocycles. The van der Waals surface area contributed by atoms with Gasteiger partial charge in [-0.25, -0.2) is 8.78 Å². The fraction of sp³-hybridized carbons (Fsp3) is 0. The van der Waals surface area contributed by atoms with E-state index >= 15 is 0 Å². The Morgan fingerprint density at radius 1 is 1.27 bits per heavy atom. The minimum Gasteiger partial charge on any atom is -0.394 e. The summed E-state index contributed by atoms with van der Waals surface area (Å²) in [6.45, 7) is 0. The van der Waals surface area contributed by atoms with Crippen molar-refractivity contribution in [2.24, 2.45) is 5.18 Å². The maximum atomic E-state index is 12.5. The Hall–Kier alpha value is -1.52. The quantitative estimate of drug-likeness (QED) is 0.501. The lowest BCUT2D eigenvalue weighted by molar-refractivity contribution is 0.592. The van der Waals surface area contributed by atoms with Crippen molar-refractivity contribution in [2.45, 2.75) is 0 Å². The third kappa shape index (κ3) is 1.31. The van der Waals surface area contributed by atoms with Crippen LogP contribution >= 0.6 is 0 Å². The zero-order valence-corrected chi connectivity index (χ0v) is 5.34. The van der Waals surface area contributed by atoms with E-state index in [9.17, 15) is 13.7 Å². The van der Waals surface area contributed by atoms with Crippen LogP contribution in [0.5, 0.6) is 0 Å². The number of anilines is 1. The number of halogens is 2. The van der Waals surface area contributed by atoms with E-state index in [-0.39, 0.29) is 5.69 Å². The normalized spacial score (nSPS) is 9.64. The third-order valence-corrected chi connectivity index (χ3v) is 1.17. The van der Waals surface area contributed by atoms with Gasteiger partial charge in [-0.15, -0.1) is 4.91 Å². The molecule has 3 nitrogen and oxygen atoms in total. The molecule has 1 rings (SSSR count). The van der Waals surface area contributed by atoms with Crippen LogP contribution in [0, 0.1) is 16.5 Å². The van der Waals surface area contributed by atoms with Crippen molar-refractivity contribution in [3.63, 3.8) is 0 Å². The Kier molecular flexibility index (Phi) is 1.80. The SMILES string of the molecule is Nc1c(F)cc(N=O)cc1F. The Balaban J connectivity index is 3.31. The molecule has 0 aromatic heterocycles. The highest BCUT2D eigenvalue weighted by molar-refractivity contribution is 5.50. The molecule has 58 valence electrons. The van der Waals surface area contributed by atoms with Gasteiger partial charge < -0.3 is 5.73 Å². The minimum atomic E-state index is -0.973. The van der Waals surface area contributed by atoms with Crippen LogP contribution < -0.4 is 5.73 Å². The fourth-order valence-corrected chi connectivity index (χ4v) is 0.624. The molecule has 0 saturated carbocycles. The summed E-state index contributed by atoms with van der Waals surface area (Å²) in [6, 6.07) is 1.54. The van der Waals surface area contributed by atoms with Crippen molar-refractivity contribution < 1.29 is 8.78 Å². The molecule has 5 heteroatoms. The zero-order chi connectivity index (χ0) is 8.43. The predicted octanol–water partition coefficient (Wildman–Crippen LogP) is 1.94. The number of nitroso groups, excluding NO2 is 1. The second-order valence-corrected chi connectivity index (χ2v) is 1.91. The Morgan fingerprint density at radius 2 is 1.73 bits per heavy atom. The van der Waals surface area contributed by atoms with E-state index in [1.165, 1.54) is 0 Å². The molecule has 1 aromatic carbocycles. The van der Waals surface area contributed by atoms with Crippen molar-refractivity contribution >= 4 is 11.4 Å². The lowest BCUT2D eigenvalue weighted by Crippen LogP contribution is -1.93. The lowest BCUT2D eigenvalue weighted by Gasteiger charge is -1.97. The summed E-state index contributed by atoms with van der Waals surface area (Å²) in [7, 11) is 0. The molecule has 0 heterocycles. The average Bonchev–Trinajstić information content (AvgIpc) is 1.99. The van der Waals surface area contributed by atoms with Crippen LogP contribution in [0.3, 0.4) is 0 Å². The number of nitrogens with zero attached hydrogens (tertiary/aromatic N) is 1. The number of nitrogen functional groups attached to an aromatic ring is 1. The molecule has 0 aliphatic rings. The third-order valence-electron chi connectivity index (χ3n) is 1.17. The molecule has 0 fully saturated rings. The predicted molar refractivity (Wildman–Crippen MR) is 36.2 cm³/mol. The second kappa shape index (κ2) is 2.61. The standard InChI is InChI=1S/C6H4F2N2O/c7-4-1-3(10-11)2-5(8)6(4)9/h1-2H,9H2. The first-order valence-electron chi connectivity index (χ1n) is 2.73. The number of rotatable bonds is 1. The monoisotopic (exact) mass is 158 g/mol. The first-order valence-corrected chi connectivity index (χ1v) is 2.73. The molecule has 0 radical (unpaired) electrons. The zero-order valence-electron chi connectivity index (χ0n) is 5.34. The van der Waals surface area contributed by atoms with Crippen molar-refractivity contribution in [3.8, 4) is 0 Å². The number of nitrogens with two attached hydrogens (primary N) is 1. The molecule has 0 spiro atoms. The van der Waals surface area contributed by atoms with Gasteiger partial charge in [0.25, 0.3) is 0 Å². The first kappa shape index (κ1) is 7.59. The summed E-state index contributed by atoms with van der Waals surface area (Å²) < 4.78 is 24.9. The highest BCUT2D eigenvalue weighted by Gasteiger charge is 2.06.